The van der Waals surface area contributed by atoms with Crippen LogP contribution < -0.4 is 0 Å². The molecule has 0 aromatic heterocycles. The number of carboxylic acid groups (broad SMARTS) is 1. The second-order valence-corrected chi connectivity index (χ2v) is 6.27. The molecule has 94 valence electrons. The number of hydrogen-bond acceptors (Lipinski definition) is 2. The van der Waals surface area contributed by atoms with Crippen molar-refractivity contribution >= 4 is 12.4 Å². The minimum absolute atomic E-state index is 0.116. The second-order valence-electron chi connectivity index (χ2n) is 6.27. The predicted molar refractivity (Wildman–Crippen MR) is 61.3 cm³/mol. The van der Waals surface area contributed by atoms with Crippen LogP contribution in [0.25, 0.3) is 0 Å². The third-order valence-corrected chi connectivity index (χ3v) is 5.05. The fourth-order valence-corrected chi connectivity index (χ4v) is 4.88. The van der Waals surface area contributed by atoms with Gasteiger partial charge in [0.25, 0.3) is 0 Å². The molecule has 0 aromatic carbocycles. The van der Waals surface area contributed by atoms with Crippen LogP contribution in [0.4, 0.5) is 0 Å². The van der Waals surface area contributed by atoms with E-state index in [4.69, 9.17) is 5.11 Å². The zero-order valence-corrected chi connectivity index (χ0v) is 9.97. The molecule has 0 aromatic rings. The Bertz CT molecular complexity index is 317. The molecule has 4 bridgehead atoms. The highest BCUT2D eigenvalue weighted by atomic mass is 16.4. The van der Waals surface area contributed by atoms with Crippen LogP contribution in [-0.2, 0) is 9.59 Å². The number of amides is 1. The van der Waals surface area contributed by atoms with Crippen molar-refractivity contribution in [2.45, 2.75) is 44.1 Å². The standard InChI is InChI=1S/C13H19NO3/c15-8-14(7-12(16)17)13-4-9-1-10(5-13)3-11(2-9)6-13/h8-11H,1-7H2,(H,16,17). The van der Waals surface area contributed by atoms with Gasteiger partial charge >= 0.3 is 5.97 Å². The molecular formula is C13H19NO3. The molecule has 4 rings (SSSR count). The average Bonchev–Trinajstić information content (AvgIpc) is 2.23. The normalized spacial score (nSPS) is 42.5. The maximum atomic E-state index is 11.2. The van der Waals surface area contributed by atoms with Gasteiger partial charge in [-0.25, -0.2) is 0 Å². The van der Waals surface area contributed by atoms with Gasteiger partial charge in [-0.15, -0.1) is 0 Å². The number of hydrogen-bond donors (Lipinski definition) is 1. The Balaban J connectivity index is 1.84. The van der Waals surface area contributed by atoms with E-state index in [1.807, 2.05) is 0 Å². The minimum Gasteiger partial charge on any atom is -0.480 e. The van der Waals surface area contributed by atoms with Gasteiger partial charge < -0.3 is 10.0 Å². The zero-order valence-electron chi connectivity index (χ0n) is 9.97. The van der Waals surface area contributed by atoms with Crippen molar-refractivity contribution in [3.05, 3.63) is 0 Å². The van der Waals surface area contributed by atoms with E-state index < -0.39 is 5.97 Å². The molecule has 0 spiro atoms. The first kappa shape index (κ1) is 11.1. The smallest absolute Gasteiger partial charge is 0.323 e. The van der Waals surface area contributed by atoms with Crippen LogP contribution in [0.2, 0.25) is 0 Å². The molecule has 4 nitrogen and oxygen atoms in total. The molecule has 4 aliphatic rings. The fraction of sp³-hybridized carbons (Fsp3) is 0.846. The third-order valence-electron chi connectivity index (χ3n) is 5.05. The summed E-state index contributed by atoms with van der Waals surface area (Å²) < 4.78 is 0. The summed E-state index contributed by atoms with van der Waals surface area (Å²) in [5.41, 5.74) is -0.116. The molecule has 17 heavy (non-hydrogen) atoms. The second kappa shape index (κ2) is 3.72. The Kier molecular flexibility index (Phi) is 2.42. The third kappa shape index (κ3) is 1.74. The highest BCUT2D eigenvalue weighted by Gasteiger charge is 2.53. The molecule has 1 N–H and O–H groups in total. The number of carboxylic acids is 1. The van der Waals surface area contributed by atoms with E-state index >= 15 is 0 Å². The zero-order chi connectivity index (χ0) is 12.0. The Morgan fingerprint density at radius 2 is 1.65 bits per heavy atom. The number of aliphatic carboxylic acids is 1. The molecule has 4 aliphatic carbocycles. The molecule has 1 amide bonds. The number of rotatable bonds is 4. The molecule has 0 aliphatic heterocycles. The van der Waals surface area contributed by atoms with Crippen molar-refractivity contribution < 1.29 is 14.7 Å². The molecule has 0 heterocycles. The summed E-state index contributed by atoms with van der Waals surface area (Å²) in [7, 11) is 0. The van der Waals surface area contributed by atoms with Gasteiger partial charge in [0.2, 0.25) is 6.41 Å². The Hall–Kier alpha value is -1.06. The molecule has 4 heteroatoms. The van der Waals surface area contributed by atoms with E-state index in [-0.39, 0.29) is 12.1 Å². The van der Waals surface area contributed by atoms with E-state index in [0.29, 0.717) is 0 Å². The Morgan fingerprint density at radius 1 is 1.18 bits per heavy atom. The number of nitrogens with zero attached hydrogens (tertiary/aromatic N) is 1. The summed E-state index contributed by atoms with van der Waals surface area (Å²) in [4.78, 5) is 23.7. The summed E-state index contributed by atoms with van der Waals surface area (Å²) in [5.74, 6) is 1.31. The van der Waals surface area contributed by atoms with Crippen molar-refractivity contribution in [3.63, 3.8) is 0 Å². The van der Waals surface area contributed by atoms with E-state index in [9.17, 15) is 9.59 Å². The summed E-state index contributed by atoms with van der Waals surface area (Å²) in [6.45, 7) is -0.129. The van der Waals surface area contributed by atoms with Crippen LogP contribution >= 0.6 is 0 Å². The molecule has 4 fully saturated rings. The van der Waals surface area contributed by atoms with Crippen LogP contribution in [0.1, 0.15) is 38.5 Å². The monoisotopic (exact) mass is 237 g/mol. The lowest BCUT2D eigenvalue weighted by Gasteiger charge is -2.59. The summed E-state index contributed by atoms with van der Waals surface area (Å²) in [5, 5.41) is 8.92. The lowest BCUT2D eigenvalue weighted by atomic mass is 9.52. The minimum atomic E-state index is -0.896. The lowest BCUT2D eigenvalue weighted by molar-refractivity contribution is -0.152. The van der Waals surface area contributed by atoms with Crippen LogP contribution in [0.3, 0.4) is 0 Å². The first-order valence-electron chi connectivity index (χ1n) is 6.55. The SMILES string of the molecule is O=CN(CC(=O)O)C12CC3CC(CC(C3)C1)C2. The van der Waals surface area contributed by atoms with E-state index in [0.717, 1.165) is 43.4 Å². The van der Waals surface area contributed by atoms with Gasteiger partial charge in [-0.3, -0.25) is 9.59 Å². The van der Waals surface area contributed by atoms with Crippen LogP contribution in [0.15, 0.2) is 0 Å². The maximum absolute atomic E-state index is 11.2. The van der Waals surface area contributed by atoms with Crippen LogP contribution in [0.5, 0.6) is 0 Å². The molecule has 0 radical (unpaired) electrons. The van der Waals surface area contributed by atoms with Gasteiger partial charge in [-0.2, -0.15) is 0 Å². The van der Waals surface area contributed by atoms with Crippen LogP contribution in [0, 0.1) is 17.8 Å². The molecule has 4 saturated carbocycles. The Labute approximate surface area is 101 Å². The summed E-state index contributed by atoms with van der Waals surface area (Å²) in [6, 6.07) is 0. The molecule has 0 atom stereocenters. The van der Waals surface area contributed by atoms with Crippen molar-refractivity contribution in [1.82, 2.24) is 4.90 Å². The van der Waals surface area contributed by atoms with Crippen molar-refractivity contribution in [2.24, 2.45) is 17.8 Å². The predicted octanol–water partition coefficient (Wildman–Crippen LogP) is 1.50. The van der Waals surface area contributed by atoms with Crippen molar-refractivity contribution in [2.75, 3.05) is 6.54 Å². The molecule has 0 unspecified atom stereocenters. The first-order chi connectivity index (χ1) is 8.11. The quantitative estimate of drug-likeness (QED) is 0.754. The highest BCUT2D eigenvalue weighted by molar-refractivity contribution is 5.72. The maximum Gasteiger partial charge on any atom is 0.323 e. The van der Waals surface area contributed by atoms with Gasteiger partial charge in [0.1, 0.15) is 6.54 Å². The molecule has 0 saturated heterocycles. The largest absolute Gasteiger partial charge is 0.480 e. The van der Waals surface area contributed by atoms with Crippen molar-refractivity contribution in [3.8, 4) is 0 Å². The van der Waals surface area contributed by atoms with Gasteiger partial charge in [0, 0.05) is 5.54 Å². The van der Waals surface area contributed by atoms with E-state index in [2.05, 4.69) is 0 Å². The number of carbonyl (C=O) groups excluding carboxylic acids is 1. The van der Waals surface area contributed by atoms with Gasteiger partial charge in [0.15, 0.2) is 0 Å². The molecular weight excluding hydrogens is 218 g/mol. The van der Waals surface area contributed by atoms with Crippen molar-refractivity contribution in [1.29, 1.82) is 0 Å². The highest BCUT2D eigenvalue weighted by Crippen LogP contribution is 2.57. The number of carbonyl (C=O) groups is 2. The first-order valence-corrected chi connectivity index (χ1v) is 6.55. The van der Waals surface area contributed by atoms with E-state index in [1.54, 1.807) is 4.90 Å². The fourth-order valence-electron chi connectivity index (χ4n) is 4.88. The Morgan fingerprint density at radius 3 is 2.00 bits per heavy atom. The van der Waals surface area contributed by atoms with Crippen LogP contribution in [-0.4, -0.2) is 34.5 Å². The summed E-state index contributed by atoms with van der Waals surface area (Å²) >= 11 is 0. The topological polar surface area (TPSA) is 57.6 Å². The average molecular weight is 237 g/mol. The van der Waals surface area contributed by atoms with Gasteiger partial charge in [-0.05, 0) is 56.3 Å². The van der Waals surface area contributed by atoms with Gasteiger partial charge in [0.05, 0.1) is 0 Å². The van der Waals surface area contributed by atoms with Gasteiger partial charge in [-0.1, -0.05) is 0 Å². The van der Waals surface area contributed by atoms with E-state index in [1.165, 1.54) is 19.3 Å². The lowest BCUT2D eigenvalue weighted by Crippen LogP contribution is -2.60. The summed E-state index contributed by atoms with van der Waals surface area (Å²) in [6.07, 6.45) is 7.78.